The van der Waals surface area contributed by atoms with Crippen LogP contribution in [0.1, 0.15) is 31.3 Å². The van der Waals surface area contributed by atoms with Crippen molar-refractivity contribution >= 4 is 28.3 Å². The highest BCUT2D eigenvalue weighted by molar-refractivity contribution is 7.15. The lowest BCUT2D eigenvalue weighted by Crippen LogP contribution is -2.17. The predicted octanol–water partition coefficient (Wildman–Crippen LogP) is 2.31. The number of hydrogen-bond donors (Lipinski definition) is 2. The quantitative estimate of drug-likeness (QED) is 0.888. The van der Waals surface area contributed by atoms with E-state index in [4.69, 9.17) is 5.11 Å². The van der Waals surface area contributed by atoms with Gasteiger partial charge in [0, 0.05) is 4.88 Å². The Morgan fingerprint density at radius 1 is 1.42 bits per heavy atom. The van der Waals surface area contributed by atoms with Crippen LogP contribution in [0.2, 0.25) is 0 Å². The minimum absolute atomic E-state index is 0.242. The molecule has 0 saturated heterocycles. The second-order valence-corrected chi connectivity index (χ2v) is 6.68. The maximum Gasteiger partial charge on any atom is 0.307 e. The van der Waals surface area contributed by atoms with Crippen LogP contribution < -0.4 is 5.32 Å². The number of carboxylic acids is 1. The summed E-state index contributed by atoms with van der Waals surface area (Å²) in [5.41, 5.74) is 0.501. The molecule has 1 aromatic heterocycles. The SMILES string of the molecule is CCc1nc(NC(=O)[C@H]2[C@@H](C(=O)O)C2(C)C)sc1C. The maximum absolute atomic E-state index is 12.1. The fourth-order valence-electron chi connectivity index (χ4n) is 2.58. The summed E-state index contributed by atoms with van der Waals surface area (Å²) < 4.78 is 0. The number of anilines is 1. The van der Waals surface area contributed by atoms with E-state index in [1.54, 1.807) is 13.8 Å². The number of hydrogen-bond acceptors (Lipinski definition) is 4. The van der Waals surface area contributed by atoms with Gasteiger partial charge in [0.2, 0.25) is 5.91 Å². The van der Waals surface area contributed by atoms with Crippen LogP contribution in [0.5, 0.6) is 0 Å². The smallest absolute Gasteiger partial charge is 0.307 e. The predicted molar refractivity (Wildman–Crippen MR) is 73.3 cm³/mol. The fourth-order valence-corrected chi connectivity index (χ4v) is 3.49. The van der Waals surface area contributed by atoms with Gasteiger partial charge in [0.05, 0.1) is 17.5 Å². The van der Waals surface area contributed by atoms with Crippen molar-refractivity contribution < 1.29 is 14.7 Å². The molecule has 104 valence electrons. The summed E-state index contributed by atoms with van der Waals surface area (Å²) in [5.74, 6) is -2.22. The van der Waals surface area contributed by atoms with Gasteiger partial charge in [-0.1, -0.05) is 20.8 Å². The van der Waals surface area contributed by atoms with E-state index in [2.05, 4.69) is 10.3 Å². The van der Waals surface area contributed by atoms with Gasteiger partial charge in [-0.05, 0) is 18.8 Å². The molecule has 2 atom stereocenters. The molecule has 6 heteroatoms. The van der Waals surface area contributed by atoms with E-state index in [-0.39, 0.29) is 5.91 Å². The Bertz CT molecular complexity index is 536. The number of nitrogens with one attached hydrogen (secondary N) is 1. The Hall–Kier alpha value is -1.43. The summed E-state index contributed by atoms with van der Waals surface area (Å²) >= 11 is 1.43. The van der Waals surface area contributed by atoms with Gasteiger partial charge >= 0.3 is 5.97 Å². The molecule has 1 heterocycles. The maximum atomic E-state index is 12.1. The number of aromatic nitrogens is 1. The largest absolute Gasteiger partial charge is 0.481 e. The number of thiazole rings is 1. The molecule has 1 amide bonds. The van der Waals surface area contributed by atoms with Gasteiger partial charge in [-0.2, -0.15) is 0 Å². The van der Waals surface area contributed by atoms with Crippen molar-refractivity contribution in [3.8, 4) is 0 Å². The third-order valence-electron chi connectivity index (χ3n) is 3.83. The second-order valence-electron chi connectivity index (χ2n) is 5.48. The number of carbonyl (C=O) groups excluding carboxylic acids is 1. The third-order valence-corrected chi connectivity index (χ3v) is 4.76. The van der Waals surface area contributed by atoms with E-state index < -0.39 is 23.2 Å². The Balaban J connectivity index is 2.08. The molecule has 1 fully saturated rings. The monoisotopic (exact) mass is 282 g/mol. The van der Waals surface area contributed by atoms with Gasteiger partial charge in [0.1, 0.15) is 0 Å². The van der Waals surface area contributed by atoms with Gasteiger partial charge in [0.15, 0.2) is 5.13 Å². The summed E-state index contributed by atoms with van der Waals surface area (Å²) in [6.07, 6.45) is 0.824. The van der Waals surface area contributed by atoms with E-state index in [1.807, 2.05) is 13.8 Å². The molecule has 1 aromatic rings. The third kappa shape index (κ3) is 2.36. The van der Waals surface area contributed by atoms with Crippen LogP contribution in [0.15, 0.2) is 0 Å². The van der Waals surface area contributed by atoms with Crippen LogP contribution in [-0.4, -0.2) is 22.0 Å². The zero-order valence-electron chi connectivity index (χ0n) is 11.5. The molecule has 0 unspecified atom stereocenters. The summed E-state index contributed by atoms with van der Waals surface area (Å²) in [4.78, 5) is 28.6. The average molecular weight is 282 g/mol. The van der Waals surface area contributed by atoms with Gasteiger partial charge in [-0.25, -0.2) is 4.98 Å². The number of nitrogens with zero attached hydrogens (tertiary/aromatic N) is 1. The zero-order valence-corrected chi connectivity index (χ0v) is 12.3. The topological polar surface area (TPSA) is 79.3 Å². The molecule has 0 bridgehead atoms. The number of carboxylic acid groups (broad SMARTS) is 1. The van der Waals surface area contributed by atoms with Crippen molar-refractivity contribution in [2.24, 2.45) is 17.3 Å². The molecule has 0 aliphatic heterocycles. The highest BCUT2D eigenvalue weighted by Gasteiger charge is 2.65. The zero-order chi connectivity index (χ0) is 14.4. The molecule has 0 spiro atoms. The molecule has 0 aromatic carbocycles. The van der Waals surface area contributed by atoms with Crippen molar-refractivity contribution in [1.82, 2.24) is 4.98 Å². The number of aliphatic carboxylic acids is 1. The Morgan fingerprint density at radius 2 is 2.05 bits per heavy atom. The van der Waals surface area contributed by atoms with Crippen LogP contribution in [0, 0.1) is 24.2 Å². The molecular formula is C13H18N2O3S. The first-order valence-electron chi connectivity index (χ1n) is 6.29. The van der Waals surface area contributed by atoms with Crippen molar-refractivity contribution in [1.29, 1.82) is 0 Å². The summed E-state index contributed by atoms with van der Waals surface area (Å²) in [6, 6.07) is 0. The Morgan fingerprint density at radius 3 is 2.47 bits per heavy atom. The van der Waals surface area contributed by atoms with E-state index in [0.29, 0.717) is 5.13 Å². The molecule has 5 nitrogen and oxygen atoms in total. The Labute approximate surface area is 116 Å². The lowest BCUT2D eigenvalue weighted by atomic mass is 10.1. The summed E-state index contributed by atoms with van der Waals surface area (Å²) in [6.45, 7) is 7.59. The van der Waals surface area contributed by atoms with Crippen molar-refractivity contribution in [2.75, 3.05) is 5.32 Å². The fraction of sp³-hybridized carbons (Fsp3) is 0.615. The van der Waals surface area contributed by atoms with Crippen LogP contribution in [0.4, 0.5) is 5.13 Å². The molecule has 2 N–H and O–H groups in total. The van der Waals surface area contributed by atoms with Gasteiger partial charge in [-0.15, -0.1) is 11.3 Å². The highest BCUT2D eigenvalue weighted by atomic mass is 32.1. The number of aryl methyl sites for hydroxylation is 2. The lowest BCUT2D eigenvalue weighted by Gasteiger charge is -2.02. The second kappa shape index (κ2) is 4.59. The van der Waals surface area contributed by atoms with Crippen LogP contribution in [-0.2, 0) is 16.0 Å². The Kier molecular flexibility index (Phi) is 3.38. The minimum atomic E-state index is -0.908. The van der Waals surface area contributed by atoms with Crippen molar-refractivity contribution in [3.63, 3.8) is 0 Å². The minimum Gasteiger partial charge on any atom is -0.481 e. The van der Waals surface area contributed by atoms with Gasteiger partial charge < -0.3 is 10.4 Å². The van der Waals surface area contributed by atoms with Gasteiger partial charge in [0.25, 0.3) is 0 Å². The molecule has 2 rings (SSSR count). The molecular weight excluding hydrogens is 264 g/mol. The molecule has 0 radical (unpaired) electrons. The number of amides is 1. The summed E-state index contributed by atoms with van der Waals surface area (Å²) in [5, 5.41) is 12.4. The van der Waals surface area contributed by atoms with E-state index >= 15 is 0 Å². The van der Waals surface area contributed by atoms with E-state index in [0.717, 1.165) is 17.0 Å². The molecule has 1 saturated carbocycles. The first-order chi connectivity index (χ1) is 8.78. The van der Waals surface area contributed by atoms with Crippen LogP contribution in [0.3, 0.4) is 0 Å². The normalized spacial score (nSPS) is 24.0. The average Bonchev–Trinajstić information content (AvgIpc) is 2.71. The molecule has 19 heavy (non-hydrogen) atoms. The molecule has 1 aliphatic carbocycles. The van der Waals surface area contributed by atoms with E-state index in [9.17, 15) is 9.59 Å². The highest BCUT2D eigenvalue weighted by Crippen LogP contribution is 2.58. The first kappa shape index (κ1) is 14.0. The number of carbonyl (C=O) groups is 2. The summed E-state index contributed by atoms with van der Waals surface area (Å²) in [7, 11) is 0. The van der Waals surface area contributed by atoms with Crippen LogP contribution >= 0.6 is 11.3 Å². The van der Waals surface area contributed by atoms with Gasteiger partial charge in [-0.3, -0.25) is 9.59 Å². The molecule has 1 aliphatic rings. The lowest BCUT2D eigenvalue weighted by molar-refractivity contribution is -0.140. The van der Waals surface area contributed by atoms with Crippen molar-refractivity contribution in [2.45, 2.75) is 34.1 Å². The first-order valence-corrected chi connectivity index (χ1v) is 7.10. The number of rotatable bonds is 4. The van der Waals surface area contributed by atoms with Crippen molar-refractivity contribution in [3.05, 3.63) is 10.6 Å². The van der Waals surface area contributed by atoms with E-state index in [1.165, 1.54) is 11.3 Å². The standard InChI is InChI=1S/C13H18N2O3S/c1-5-7-6(2)19-12(14-7)15-10(16)8-9(11(17)18)13(8,3)4/h8-9H,5H2,1-4H3,(H,17,18)(H,14,15,16)/t8-,9+/m1/s1. The van der Waals surface area contributed by atoms with Crippen LogP contribution in [0.25, 0.3) is 0 Å².